The maximum atomic E-state index is 11.1. The van der Waals surface area contributed by atoms with Crippen LogP contribution in [0.15, 0.2) is 42.7 Å². The van der Waals surface area contributed by atoms with Crippen molar-refractivity contribution in [2.24, 2.45) is 0 Å². The molecule has 0 atom stereocenters. The van der Waals surface area contributed by atoms with E-state index in [1.807, 2.05) is 0 Å². The Bertz CT molecular complexity index is 614. The van der Waals surface area contributed by atoms with E-state index >= 15 is 0 Å². The fourth-order valence-electron chi connectivity index (χ4n) is 1.57. The first-order valence-corrected chi connectivity index (χ1v) is 5.36. The molecule has 0 aliphatic carbocycles. The highest BCUT2D eigenvalue weighted by Gasteiger charge is 2.19. The quantitative estimate of drug-likeness (QED) is 0.484. The average Bonchev–Trinajstić information content (AvgIpc) is 2.39. The van der Waals surface area contributed by atoms with Gasteiger partial charge in [0.2, 0.25) is 0 Å². The number of halogens is 1. The van der Waals surface area contributed by atoms with Gasteiger partial charge in [-0.2, -0.15) is 0 Å². The van der Waals surface area contributed by atoms with Crippen LogP contribution in [0.1, 0.15) is 10.4 Å². The third-order valence-corrected chi connectivity index (χ3v) is 2.62. The van der Waals surface area contributed by atoms with E-state index in [9.17, 15) is 14.9 Å². The fourth-order valence-corrected chi connectivity index (χ4v) is 1.73. The van der Waals surface area contributed by atoms with Crippen molar-refractivity contribution >= 4 is 22.5 Å². The molecule has 1 aromatic carbocycles. The van der Waals surface area contributed by atoms with Gasteiger partial charge >= 0.3 is 0 Å². The Morgan fingerprint density at radius 3 is 2.39 bits per heavy atom. The zero-order valence-corrected chi connectivity index (χ0v) is 9.79. The van der Waals surface area contributed by atoms with Gasteiger partial charge in [0.15, 0.2) is 0 Å². The number of nitro groups is 1. The van der Waals surface area contributed by atoms with E-state index in [0.717, 1.165) is 5.56 Å². The number of nitro benzene ring substituents is 1. The molecule has 0 aliphatic heterocycles. The van der Waals surface area contributed by atoms with Crippen LogP contribution in [0.3, 0.4) is 0 Å². The zero-order valence-electron chi connectivity index (χ0n) is 9.04. The predicted molar refractivity (Wildman–Crippen MR) is 66.5 cm³/mol. The standard InChI is InChI=1S/C12H7ClN2O3/c13-12(16)10-2-1-9(7-11(10)15(17)18)8-3-5-14-6-4-8/h1-7H. The van der Waals surface area contributed by atoms with Crippen LogP contribution in [-0.2, 0) is 0 Å². The number of aromatic nitrogens is 1. The lowest BCUT2D eigenvalue weighted by atomic mass is 10.0. The largest absolute Gasteiger partial charge is 0.282 e. The Morgan fingerprint density at radius 2 is 1.83 bits per heavy atom. The second kappa shape index (κ2) is 4.93. The molecule has 90 valence electrons. The normalized spacial score (nSPS) is 10.1. The summed E-state index contributed by atoms with van der Waals surface area (Å²) in [6, 6.07) is 7.73. The number of benzene rings is 1. The Hall–Kier alpha value is -2.27. The molecule has 2 rings (SSSR count). The lowest BCUT2D eigenvalue weighted by molar-refractivity contribution is -0.385. The molecule has 18 heavy (non-hydrogen) atoms. The van der Waals surface area contributed by atoms with Crippen LogP contribution in [0, 0.1) is 10.1 Å². The number of rotatable bonds is 3. The summed E-state index contributed by atoms with van der Waals surface area (Å²) in [6.45, 7) is 0. The van der Waals surface area contributed by atoms with Crippen molar-refractivity contribution in [2.75, 3.05) is 0 Å². The Kier molecular flexibility index (Phi) is 3.34. The summed E-state index contributed by atoms with van der Waals surface area (Å²) in [5.41, 5.74) is 0.997. The van der Waals surface area contributed by atoms with Gasteiger partial charge in [-0.25, -0.2) is 0 Å². The van der Waals surface area contributed by atoms with Crippen LogP contribution in [0.4, 0.5) is 5.69 Å². The molecule has 0 aliphatic rings. The van der Waals surface area contributed by atoms with E-state index in [0.29, 0.717) is 5.56 Å². The van der Waals surface area contributed by atoms with E-state index in [4.69, 9.17) is 11.6 Å². The van der Waals surface area contributed by atoms with Gasteiger partial charge in [0, 0.05) is 18.5 Å². The van der Waals surface area contributed by atoms with Crippen molar-refractivity contribution < 1.29 is 9.72 Å². The van der Waals surface area contributed by atoms with Crippen molar-refractivity contribution in [1.29, 1.82) is 0 Å². The Labute approximate surface area is 107 Å². The molecule has 0 saturated heterocycles. The summed E-state index contributed by atoms with van der Waals surface area (Å²) in [5, 5.41) is 10.0. The number of hydrogen-bond acceptors (Lipinski definition) is 4. The summed E-state index contributed by atoms with van der Waals surface area (Å²) >= 11 is 5.30. The van der Waals surface area contributed by atoms with Crippen LogP contribution in [0.2, 0.25) is 0 Å². The topological polar surface area (TPSA) is 73.1 Å². The molecule has 0 spiro atoms. The summed E-state index contributed by atoms with van der Waals surface area (Å²) in [4.78, 5) is 25.2. The molecule has 1 heterocycles. The first-order valence-electron chi connectivity index (χ1n) is 4.98. The van der Waals surface area contributed by atoms with Gasteiger partial charge < -0.3 is 0 Å². The molecule has 5 nitrogen and oxygen atoms in total. The molecule has 0 unspecified atom stereocenters. The maximum absolute atomic E-state index is 11.1. The second-order valence-electron chi connectivity index (χ2n) is 3.50. The molecule has 0 N–H and O–H groups in total. The first-order chi connectivity index (χ1) is 8.59. The Balaban J connectivity index is 2.57. The Morgan fingerprint density at radius 1 is 1.17 bits per heavy atom. The molecule has 6 heteroatoms. The van der Waals surface area contributed by atoms with Crippen molar-refractivity contribution in [3.63, 3.8) is 0 Å². The number of carbonyl (C=O) groups excluding carboxylic acids is 1. The van der Waals surface area contributed by atoms with Crippen molar-refractivity contribution in [2.45, 2.75) is 0 Å². The smallest absolute Gasteiger partial charge is 0.275 e. The minimum atomic E-state index is -0.844. The third-order valence-electron chi connectivity index (χ3n) is 2.42. The monoisotopic (exact) mass is 262 g/mol. The van der Waals surface area contributed by atoms with Crippen molar-refractivity contribution in [3.8, 4) is 11.1 Å². The van der Waals surface area contributed by atoms with E-state index < -0.39 is 10.2 Å². The SMILES string of the molecule is O=C(Cl)c1ccc(-c2ccncc2)cc1[N+](=O)[O-]. The van der Waals surface area contributed by atoms with Crippen LogP contribution >= 0.6 is 11.6 Å². The second-order valence-corrected chi connectivity index (χ2v) is 3.84. The lowest BCUT2D eigenvalue weighted by Gasteiger charge is -2.03. The molecular weight excluding hydrogens is 256 g/mol. The van der Waals surface area contributed by atoms with Crippen LogP contribution in [0.5, 0.6) is 0 Å². The van der Waals surface area contributed by atoms with Gasteiger partial charge in [0.1, 0.15) is 5.56 Å². The van der Waals surface area contributed by atoms with Crippen LogP contribution < -0.4 is 0 Å². The van der Waals surface area contributed by atoms with Gasteiger partial charge in [-0.15, -0.1) is 0 Å². The van der Waals surface area contributed by atoms with Gasteiger partial charge in [-0.05, 0) is 40.9 Å². The highest BCUT2D eigenvalue weighted by Crippen LogP contribution is 2.27. The molecular formula is C12H7ClN2O3. The van der Waals surface area contributed by atoms with E-state index in [1.165, 1.54) is 12.1 Å². The highest BCUT2D eigenvalue weighted by atomic mass is 35.5. The van der Waals surface area contributed by atoms with Gasteiger partial charge in [-0.1, -0.05) is 6.07 Å². The predicted octanol–water partition coefficient (Wildman–Crippen LogP) is 3.04. The molecule has 0 saturated carbocycles. The summed E-state index contributed by atoms with van der Waals surface area (Å²) in [7, 11) is 0. The molecule has 0 amide bonds. The van der Waals surface area contributed by atoms with Crippen LogP contribution in [-0.4, -0.2) is 15.1 Å². The highest BCUT2D eigenvalue weighted by molar-refractivity contribution is 6.68. The minimum Gasteiger partial charge on any atom is -0.275 e. The fraction of sp³-hybridized carbons (Fsp3) is 0. The number of hydrogen-bond donors (Lipinski definition) is 0. The number of carbonyl (C=O) groups is 1. The minimum absolute atomic E-state index is 0.112. The van der Waals surface area contributed by atoms with Crippen LogP contribution in [0.25, 0.3) is 11.1 Å². The maximum Gasteiger partial charge on any atom is 0.282 e. The number of nitrogens with zero attached hydrogens (tertiary/aromatic N) is 2. The van der Waals surface area contributed by atoms with Gasteiger partial charge in [-0.3, -0.25) is 19.9 Å². The molecule has 2 aromatic rings. The van der Waals surface area contributed by atoms with E-state index in [2.05, 4.69) is 4.98 Å². The van der Waals surface area contributed by atoms with Gasteiger partial charge in [0.05, 0.1) is 4.92 Å². The van der Waals surface area contributed by atoms with Crippen molar-refractivity contribution in [1.82, 2.24) is 4.98 Å². The van der Waals surface area contributed by atoms with Gasteiger partial charge in [0.25, 0.3) is 10.9 Å². The average molecular weight is 263 g/mol. The van der Waals surface area contributed by atoms with Crippen molar-refractivity contribution in [3.05, 3.63) is 58.4 Å². The summed E-state index contributed by atoms with van der Waals surface area (Å²) in [6.07, 6.45) is 3.17. The first kappa shape index (κ1) is 12.2. The lowest BCUT2D eigenvalue weighted by Crippen LogP contribution is -1.98. The molecule has 0 bridgehead atoms. The third kappa shape index (κ3) is 2.36. The van der Waals surface area contributed by atoms with E-state index in [-0.39, 0.29) is 11.3 Å². The molecule has 0 radical (unpaired) electrons. The molecule has 0 fully saturated rings. The summed E-state index contributed by atoms with van der Waals surface area (Å²) < 4.78 is 0. The van der Waals surface area contributed by atoms with E-state index in [1.54, 1.807) is 30.6 Å². The summed E-state index contributed by atoms with van der Waals surface area (Å²) in [5.74, 6) is 0. The zero-order chi connectivity index (χ0) is 13.1. The number of pyridine rings is 1. The molecule has 1 aromatic heterocycles.